The molecule has 0 fully saturated rings. The van der Waals surface area contributed by atoms with Crippen LogP contribution in [0.15, 0.2) is 0 Å². The van der Waals surface area contributed by atoms with E-state index >= 15 is 0 Å². The second-order valence-corrected chi connectivity index (χ2v) is 0.755. The second kappa shape index (κ2) is 9.51. The van der Waals surface area contributed by atoms with Crippen molar-refractivity contribution in [3.8, 4) is 0 Å². The molecule has 0 saturated carbocycles. The molecule has 0 aromatic heterocycles. The van der Waals surface area contributed by atoms with Gasteiger partial charge in [-0.25, -0.2) is 0 Å². The molecule has 0 aliphatic carbocycles. The molecule has 0 heterocycles. The van der Waals surface area contributed by atoms with Crippen LogP contribution in [-0.2, 0) is 4.29 Å². The Morgan fingerprint density at radius 3 is 2.33 bits per heavy atom. The Balaban J connectivity index is -0.0000000800. The van der Waals surface area contributed by atoms with Crippen LogP contribution in [0.1, 0.15) is 1.43 Å². The van der Waals surface area contributed by atoms with Crippen molar-refractivity contribution in [2.24, 2.45) is 0 Å². The molecule has 0 bridgehead atoms. The third kappa shape index (κ3) is 8.96. The summed E-state index contributed by atoms with van der Waals surface area (Å²) in [6, 6.07) is 0. The molecule has 0 amide bonds. The maximum Gasteiger partial charge on any atom is 1.00 e. The molecule has 0 aliphatic rings. The standard InChI is InChI=1S/C2H5ClO2.Na.H/c3-5-2-1-4;;/h4H,1-2H2;;/q;+1;-1. The minimum atomic E-state index is -0.0104. The van der Waals surface area contributed by atoms with Crippen molar-refractivity contribution < 1.29 is 40.4 Å². The Morgan fingerprint density at radius 2 is 2.33 bits per heavy atom. The van der Waals surface area contributed by atoms with E-state index in [1.165, 1.54) is 0 Å². The van der Waals surface area contributed by atoms with Crippen molar-refractivity contribution in [3.63, 3.8) is 0 Å². The number of rotatable bonds is 2. The van der Waals surface area contributed by atoms with Crippen LogP contribution in [0.4, 0.5) is 0 Å². The normalized spacial score (nSPS) is 7.00. The molecule has 2 nitrogen and oxygen atoms in total. The molecule has 0 atom stereocenters. The summed E-state index contributed by atoms with van der Waals surface area (Å²) in [7, 11) is 0. The summed E-state index contributed by atoms with van der Waals surface area (Å²) in [6.07, 6.45) is 0. The summed E-state index contributed by atoms with van der Waals surface area (Å²) in [5.41, 5.74) is 0. The number of halogens is 1. The van der Waals surface area contributed by atoms with Gasteiger partial charge in [0.25, 0.3) is 0 Å². The van der Waals surface area contributed by atoms with E-state index < -0.39 is 0 Å². The van der Waals surface area contributed by atoms with E-state index in [1.807, 2.05) is 0 Å². The molecule has 0 rings (SSSR count). The fraction of sp³-hybridized carbons (Fsp3) is 1.00. The monoisotopic (exact) mass is 120 g/mol. The summed E-state index contributed by atoms with van der Waals surface area (Å²) >= 11 is 4.64. The summed E-state index contributed by atoms with van der Waals surface area (Å²) < 4.78 is 3.91. The van der Waals surface area contributed by atoms with E-state index in [1.54, 1.807) is 0 Å². The first-order valence-corrected chi connectivity index (χ1v) is 1.57. The average Bonchev–Trinajstić information content (AvgIpc) is 1.41. The van der Waals surface area contributed by atoms with E-state index in [4.69, 9.17) is 5.11 Å². The molecule has 6 heavy (non-hydrogen) atoms. The summed E-state index contributed by atoms with van der Waals surface area (Å²) in [4.78, 5) is 0. The minimum Gasteiger partial charge on any atom is -1.00 e. The van der Waals surface area contributed by atoms with Gasteiger partial charge in [-0.05, 0) is 0 Å². The molecule has 4 heteroatoms. The molecule has 0 saturated heterocycles. The van der Waals surface area contributed by atoms with E-state index in [2.05, 4.69) is 16.2 Å². The number of aliphatic hydroxyl groups is 1. The molecular formula is C2H6ClNaO2. The van der Waals surface area contributed by atoms with Gasteiger partial charge in [-0.2, -0.15) is 0 Å². The van der Waals surface area contributed by atoms with Gasteiger partial charge in [-0.15, -0.1) is 0 Å². The topological polar surface area (TPSA) is 29.5 Å². The first kappa shape index (κ1) is 10.2. The van der Waals surface area contributed by atoms with Gasteiger partial charge in [0.05, 0.1) is 25.1 Å². The predicted molar refractivity (Wildman–Crippen MR) is 20.0 cm³/mol. The smallest absolute Gasteiger partial charge is 1.00 e. The van der Waals surface area contributed by atoms with E-state index in [0.717, 1.165) is 0 Å². The van der Waals surface area contributed by atoms with Crippen LogP contribution < -0.4 is 29.6 Å². The largest absolute Gasteiger partial charge is 1.00 e. The van der Waals surface area contributed by atoms with Gasteiger partial charge in [-0.1, -0.05) is 0 Å². The summed E-state index contributed by atoms with van der Waals surface area (Å²) in [6.45, 7) is 0.199. The molecule has 0 aliphatic heterocycles. The van der Waals surface area contributed by atoms with Crippen molar-refractivity contribution in [1.29, 1.82) is 0 Å². The van der Waals surface area contributed by atoms with Crippen LogP contribution in [0, 0.1) is 0 Å². The zero-order valence-electron chi connectivity index (χ0n) is 4.65. The van der Waals surface area contributed by atoms with Gasteiger partial charge in [-0.3, -0.25) is 4.29 Å². The first-order valence-electron chi connectivity index (χ1n) is 1.26. The zero-order chi connectivity index (χ0) is 4.12. The molecule has 0 unspecified atom stereocenters. The summed E-state index contributed by atoms with van der Waals surface area (Å²) in [5.74, 6) is 0. The van der Waals surface area contributed by atoms with E-state index in [0.29, 0.717) is 0 Å². The van der Waals surface area contributed by atoms with E-state index in [9.17, 15) is 0 Å². The van der Waals surface area contributed by atoms with Crippen LogP contribution in [0.5, 0.6) is 0 Å². The molecular weight excluding hydrogens is 114 g/mol. The Bertz CT molecular complexity index is 23.2. The van der Waals surface area contributed by atoms with Gasteiger partial charge in [0.2, 0.25) is 0 Å². The SMILES string of the molecule is OCCOCl.[H-].[Na+]. The number of aliphatic hydroxyl groups excluding tert-OH is 1. The Labute approximate surface area is 65.4 Å². The van der Waals surface area contributed by atoms with Crippen LogP contribution >= 0.6 is 11.9 Å². The van der Waals surface area contributed by atoms with Crippen LogP contribution in [0.25, 0.3) is 0 Å². The van der Waals surface area contributed by atoms with Crippen molar-refractivity contribution in [2.45, 2.75) is 0 Å². The van der Waals surface area contributed by atoms with Crippen molar-refractivity contribution in [2.75, 3.05) is 13.2 Å². The third-order valence-corrected chi connectivity index (χ3v) is 0.323. The molecule has 0 aromatic carbocycles. The van der Waals surface area contributed by atoms with Crippen LogP contribution in [0.3, 0.4) is 0 Å². The first-order chi connectivity index (χ1) is 2.41. The molecule has 34 valence electrons. The molecule has 0 spiro atoms. The molecule has 1 N–H and O–H groups in total. The minimum absolute atomic E-state index is 0. The zero-order valence-corrected chi connectivity index (χ0v) is 6.40. The van der Waals surface area contributed by atoms with Crippen molar-refractivity contribution >= 4 is 11.9 Å². The van der Waals surface area contributed by atoms with Crippen LogP contribution in [0.2, 0.25) is 0 Å². The Kier molecular flexibility index (Phi) is 16.2. The van der Waals surface area contributed by atoms with E-state index in [-0.39, 0.29) is 44.2 Å². The van der Waals surface area contributed by atoms with Gasteiger partial charge < -0.3 is 6.53 Å². The van der Waals surface area contributed by atoms with Gasteiger partial charge >= 0.3 is 29.6 Å². The molecule has 0 aromatic rings. The van der Waals surface area contributed by atoms with Crippen molar-refractivity contribution in [3.05, 3.63) is 0 Å². The van der Waals surface area contributed by atoms with Gasteiger partial charge in [0, 0.05) is 0 Å². The van der Waals surface area contributed by atoms with Crippen molar-refractivity contribution in [1.82, 2.24) is 0 Å². The Morgan fingerprint density at radius 1 is 1.83 bits per heavy atom. The second-order valence-electron chi connectivity index (χ2n) is 0.537. The fourth-order valence-corrected chi connectivity index (χ4v) is 0.104. The third-order valence-electron chi connectivity index (χ3n) is 0.168. The quantitative estimate of drug-likeness (QED) is 0.401. The Hall–Kier alpha value is 1.21. The maximum absolute atomic E-state index is 7.86. The van der Waals surface area contributed by atoms with Gasteiger partial charge in [0.1, 0.15) is 0 Å². The van der Waals surface area contributed by atoms with Gasteiger partial charge in [0.15, 0.2) is 0 Å². The van der Waals surface area contributed by atoms with Crippen LogP contribution in [-0.4, -0.2) is 18.3 Å². The molecule has 0 radical (unpaired) electrons. The average molecular weight is 121 g/mol. The predicted octanol–water partition coefficient (Wildman–Crippen LogP) is -2.73. The number of hydrogen-bond acceptors (Lipinski definition) is 2. The maximum atomic E-state index is 7.86. The summed E-state index contributed by atoms with van der Waals surface area (Å²) in [5, 5.41) is 7.86. The number of hydrogen-bond donors (Lipinski definition) is 1. The fourth-order valence-electron chi connectivity index (χ4n) is 0.0345.